The first-order valence-electron chi connectivity index (χ1n) is 12.9. The number of likely N-dealkylation sites (tertiary alicyclic amines) is 1. The molecule has 4 heterocycles. The number of carbonyl (C=O) groups is 2. The van der Waals surface area contributed by atoms with E-state index in [1.807, 2.05) is 32.9 Å². The fourth-order valence-electron chi connectivity index (χ4n) is 4.66. The second-order valence-electron chi connectivity index (χ2n) is 10.7. The molecule has 2 aliphatic heterocycles. The summed E-state index contributed by atoms with van der Waals surface area (Å²) < 4.78 is 10.9. The van der Waals surface area contributed by atoms with Crippen molar-refractivity contribution in [3.05, 3.63) is 36.0 Å². The van der Waals surface area contributed by atoms with Crippen LogP contribution in [0.3, 0.4) is 0 Å². The zero-order valence-corrected chi connectivity index (χ0v) is 21.7. The molecule has 37 heavy (non-hydrogen) atoms. The standard InChI is InChI=1S/C26H35N7O4/c1-26(2,3)37-25(35)32-9-6-19(7-10-32)24(34)30-33-11-8-21(29-33)23-27-20-5-4-18(16-22(20)28-23)17-31-12-14-36-15-13-31/h4-5,8,11,16,19H,6-7,9-10,12-15,17H2,1-3H3,(H,27,28)(H,30,34). The highest BCUT2D eigenvalue weighted by atomic mass is 16.6. The molecule has 2 saturated heterocycles. The van der Waals surface area contributed by atoms with Crippen LogP contribution < -0.4 is 5.43 Å². The van der Waals surface area contributed by atoms with Crippen molar-refractivity contribution < 1.29 is 19.1 Å². The summed E-state index contributed by atoms with van der Waals surface area (Å²) in [6.07, 6.45) is 2.53. The van der Waals surface area contributed by atoms with E-state index in [0.717, 1.165) is 43.9 Å². The van der Waals surface area contributed by atoms with Crippen LogP contribution in [0.4, 0.5) is 4.79 Å². The molecule has 0 aliphatic carbocycles. The third-order valence-electron chi connectivity index (χ3n) is 6.63. The van der Waals surface area contributed by atoms with Crippen LogP contribution in [0.5, 0.6) is 0 Å². The highest BCUT2D eigenvalue weighted by Crippen LogP contribution is 2.22. The maximum atomic E-state index is 12.8. The number of hydrogen-bond donors (Lipinski definition) is 2. The lowest BCUT2D eigenvalue weighted by Crippen LogP contribution is -2.44. The van der Waals surface area contributed by atoms with Crippen molar-refractivity contribution in [3.63, 3.8) is 0 Å². The molecule has 11 heteroatoms. The molecule has 11 nitrogen and oxygen atoms in total. The average Bonchev–Trinajstić information content (AvgIpc) is 3.50. The van der Waals surface area contributed by atoms with Gasteiger partial charge in [0.25, 0.3) is 0 Å². The van der Waals surface area contributed by atoms with E-state index in [0.29, 0.717) is 37.4 Å². The number of hydrogen-bond acceptors (Lipinski definition) is 7. The Bertz CT molecular complexity index is 1250. The van der Waals surface area contributed by atoms with E-state index in [9.17, 15) is 9.59 Å². The number of benzene rings is 1. The van der Waals surface area contributed by atoms with Gasteiger partial charge in [-0.15, -0.1) is 5.10 Å². The molecule has 0 saturated carbocycles. The Morgan fingerprint density at radius 2 is 1.89 bits per heavy atom. The van der Waals surface area contributed by atoms with Crippen molar-refractivity contribution in [1.29, 1.82) is 0 Å². The molecule has 2 N–H and O–H groups in total. The maximum Gasteiger partial charge on any atom is 0.410 e. The second-order valence-corrected chi connectivity index (χ2v) is 10.7. The molecule has 2 aliphatic rings. The van der Waals surface area contributed by atoms with Crippen molar-refractivity contribution in [3.8, 4) is 11.5 Å². The number of carbonyl (C=O) groups excluding carboxylic acids is 2. The van der Waals surface area contributed by atoms with Crippen molar-refractivity contribution in [2.24, 2.45) is 5.92 Å². The summed E-state index contributed by atoms with van der Waals surface area (Å²) in [5.74, 6) is 0.343. The van der Waals surface area contributed by atoms with E-state index < -0.39 is 5.60 Å². The fraction of sp³-hybridized carbons (Fsp3) is 0.538. The van der Waals surface area contributed by atoms with Gasteiger partial charge >= 0.3 is 6.09 Å². The number of H-pyrrole nitrogens is 1. The van der Waals surface area contributed by atoms with E-state index in [4.69, 9.17) is 9.47 Å². The van der Waals surface area contributed by atoms with Gasteiger partial charge in [-0.25, -0.2) is 15.2 Å². The van der Waals surface area contributed by atoms with E-state index >= 15 is 0 Å². The van der Waals surface area contributed by atoms with Crippen LogP contribution in [0.25, 0.3) is 22.6 Å². The Hall–Kier alpha value is -3.44. The number of nitrogens with zero attached hydrogens (tertiary/aromatic N) is 5. The molecule has 0 atom stereocenters. The quantitative estimate of drug-likeness (QED) is 0.543. The van der Waals surface area contributed by atoms with Crippen LogP contribution in [0.2, 0.25) is 0 Å². The normalized spacial score (nSPS) is 17.8. The van der Waals surface area contributed by atoms with Crippen molar-refractivity contribution >= 4 is 23.0 Å². The second kappa shape index (κ2) is 10.5. The summed E-state index contributed by atoms with van der Waals surface area (Å²) in [5, 5.41) is 4.49. The minimum Gasteiger partial charge on any atom is -0.444 e. The van der Waals surface area contributed by atoms with Gasteiger partial charge in [-0.2, -0.15) is 4.79 Å². The van der Waals surface area contributed by atoms with Gasteiger partial charge in [0.1, 0.15) is 11.3 Å². The average molecular weight is 510 g/mol. The van der Waals surface area contributed by atoms with Gasteiger partial charge in [0, 0.05) is 44.8 Å². The fourth-order valence-corrected chi connectivity index (χ4v) is 4.66. The molecule has 2 aromatic heterocycles. The molecular weight excluding hydrogens is 474 g/mol. The SMILES string of the molecule is CC(C)(C)OC(=O)N1CCC(C(=O)Nn2ccc(-c3nc4ccc(CN5CCOCC5)cc4[nH]3)n2)CC1. The van der Waals surface area contributed by atoms with Crippen LogP contribution in [-0.4, -0.2) is 86.7 Å². The van der Waals surface area contributed by atoms with Crippen molar-refractivity contribution in [2.45, 2.75) is 45.8 Å². The zero-order chi connectivity index (χ0) is 26.0. The minimum absolute atomic E-state index is 0.115. The number of amides is 2. The maximum absolute atomic E-state index is 12.8. The summed E-state index contributed by atoms with van der Waals surface area (Å²) >= 11 is 0. The molecular formula is C26H35N7O4. The van der Waals surface area contributed by atoms with Crippen LogP contribution >= 0.6 is 0 Å². The first-order valence-corrected chi connectivity index (χ1v) is 12.9. The van der Waals surface area contributed by atoms with E-state index in [1.165, 1.54) is 10.4 Å². The summed E-state index contributed by atoms with van der Waals surface area (Å²) in [7, 11) is 0. The third kappa shape index (κ3) is 6.28. The number of ether oxygens (including phenoxy) is 2. The van der Waals surface area contributed by atoms with Gasteiger partial charge in [0.2, 0.25) is 5.91 Å². The Morgan fingerprint density at radius 1 is 1.14 bits per heavy atom. The highest BCUT2D eigenvalue weighted by molar-refractivity contribution is 5.86. The smallest absolute Gasteiger partial charge is 0.410 e. The molecule has 0 spiro atoms. The van der Waals surface area contributed by atoms with Crippen molar-refractivity contribution in [2.75, 3.05) is 44.8 Å². The van der Waals surface area contributed by atoms with E-state index in [2.05, 4.69) is 37.5 Å². The molecule has 3 aromatic rings. The number of fused-ring (bicyclic) bond motifs is 1. The van der Waals surface area contributed by atoms with Crippen LogP contribution in [0, 0.1) is 5.92 Å². The predicted octanol–water partition coefficient (Wildman–Crippen LogP) is 2.98. The number of aromatic amines is 1. The number of piperidine rings is 1. The molecule has 0 bridgehead atoms. The van der Waals surface area contributed by atoms with Gasteiger partial charge in [-0.1, -0.05) is 6.07 Å². The molecule has 198 valence electrons. The summed E-state index contributed by atoms with van der Waals surface area (Å²) in [5.41, 5.74) is 6.01. The summed E-state index contributed by atoms with van der Waals surface area (Å²) in [4.78, 5) is 38.6. The van der Waals surface area contributed by atoms with Gasteiger partial charge in [0.15, 0.2) is 5.82 Å². The molecule has 0 radical (unpaired) electrons. The molecule has 5 rings (SSSR count). The lowest BCUT2D eigenvalue weighted by molar-refractivity contribution is -0.122. The molecule has 2 fully saturated rings. The number of nitrogens with one attached hydrogen (secondary N) is 2. The Balaban J connectivity index is 1.17. The van der Waals surface area contributed by atoms with Crippen LogP contribution in [0.15, 0.2) is 30.5 Å². The highest BCUT2D eigenvalue weighted by Gasteiger charge is 2.30. The van der Waals surface area contributed by atoms with Gasteiger partial charge in [-0.3, -0.25) is 9.69 Å². The van der Waals surface area contributed by atoms with Crippen LogP contribution in [0.1, 0.15) is 39.2 Å². The number of aromatic nitrogens is 4. The Labute approximate surface area is 216 Å². The van der Waals surface area contributed by atoms with E-state index in [-0.39, 0.29) is 17.9 Å². The van der Waals surface area contributed by atoms with Gasteiger partial charge in [0.05, 0.1) is 24.2 Å². The molecule has 2 amide bonds. The Morgan fingerprint density at radius 3 is 2.62 bits per heavy atom. The minimum atomic E-state index is -0.534. The third-order valence-corrected chi connectivity index (χ3v) is 6.63. The van der Waals surface area contributed by atoms with Gasteiger partial charge < -0.3 is 19.4 Å². The van der Waals surface area contributed by atoms with Crippen molar-refractivity contribution in [1.82, 2.24) is 29.7 Å². The largest absolute Gasteiger partial charge is 0.444 e. The lowest BCUT2D eigenvalue weighted by Gasteiger charge is -2.32. The monoisotopic (exact) mass is 509 g/mol. The van der Waals surface area contributed by atoms with Gasteiger partial charge in [-0.05, 0) is 57.4 Å². The number of morpholine rings is 1. The van der Waals surface area contributed by atoms with Crippen LogP contribution in [-0.2, 0) is 20.8 Å². The number of imidazole rings is 1. The first kappa shape index (κ1) is 25.2. The first-order chi connectivity index (χ1) is 17.7. The lowest BCUT2D eigenvalue weighted by atomic mass is 9.96. The molecule has 0 unspecified atom stereocenters. The topological polar surface area (TPSA) is 118 Å². The number of rotatable bonds is 5. The zero-order valence-electron chi connectivity index (χ0n) is 21.7. The summed E-state index contributed by atoms with van der Waals surface area (Å²) in [6.45, 7) is 10.8. The Kier molecular flexibility index (Phi) is 7.16. The van der Waals surface area contributed by atoms with E-state index in [1.54, 1.807) is 11.1 Å². The predicted molar refractivity (Wildman–Crippen MR) is 138 cm³/mol. The summed E-state index contributed by atoms with van der Waals surface area (Å²) in [6, 6.07) is 8.07. The molecule has 1 aromatic carbocycles.